The van der Waals surface area contributed by atoms with Crippen LogP contribution in [0.25, 0.3) is 0 Å². The summed E-state index contributed by atoms with van der Waals surface area (Å²) < 4.78 is 28.4. The molecule has 0 saturated carbocycles. The molecular weight excluding hydrogens is 446 g/mol. The van der Waals surface area contributed by atoms with Crippen molar-refractivity contribution in [1.82, 2.24) is 14.8 Å². The first kappa shape index (κ1) is 23.4. The van der Waals surface area contributed by atoms with E-state index in [1.807, 2.05) is 66.7 Å². The Kier molecular flexibility index (Phi) is 7.16. The van der Waals surface area contributed by atoms with E-state index in [2.05, 4.69) is 10.2 Å². The Morgan fingerprint density at radius 2 is 1.53 bits per heavy atom. The summed E-state index contributed by atoms with van der Waals surface area (Å²) in [5.41, 5.74) is 9.52. The van der Waals surface area contributed by atoms with Gasteiger partial charge in [0, 0.05) is 6.54 Å². The third-order valence-corrected chi connectivity index (χ3v) is 7.11. The first-order chi connectivity index (χ1) is 16.5. The molecule has 1 atom stereocenters. The van der Waals surface area contributed by atoms with E-state index in [1.165, 1.54) is 0 Å². The molecule has 0 aliphatic heterocycles. The second-order valence-corrected chi connectivity index (χ2v) is 9.98. The van der Waals surface area contributed by atoms with Gasteiger partial charge in [-0.25, -0.2) is 8.42 Å². The fraction of sp³-hybridized carbons (Fsp3) is 0.192. The van der Waals surface area contributed by atoms with Crippen LogP contribution in [0, 0.1) is 11.3 Å². The molecule has 34 heavy (non-hydrogen) atoms. The first-order valence-electron chi connectivity index (χ1n) is 10.9. The summed E-state index contributed by atoms with van der Waals surface area (Å²) in [7, 11) is -3.83. The zero-order valence-electron chi connectivity index (χ0n) is 18.6. The van der Waals surface area contributed by atoms with E-state index >= 15 is 0 Å². The quantitative estimate of drug-likeness (QED) is 0.399. The molecule has 1 heterocycles. The van der Waals surface area contributed by atoms with Crippen molar-refractivity contribution in [2.24, 2.45) is 5.73 Å². The molecule has 4 rings (SSSR count). The fourth-order valence-corrected chi connectivity index (χ4v) is 5.31. The van der Waals surface area contributed by atoms with Crippen molar-refractivity contribution in [3.63, 3.8) is 0 Å². The molecule has 0 radical (unpaired) electrons. The minimum atomic E-state index is -3.83. The Morgan fingerprint density at radius 3 is 2.21 bits per heavy atom. The van der Waals surface area contributed by atoms with Crippen molar-refractivity contribution in [2.75, 3.05) is 0 Å². The van der Waals surface area contributed by atoms with Gasteiger partial charge in [0.1, 0.15) is 0 Å². The SMILES string of the molecule is N#Cc1cccc(CS(=O)(=O)c2nnc([C@@H](N)Cc3ccccc3)n2CCc2ccccc2)c1. The number of hydrogen-bond donors (Lipinski definition) is 1. The predicted octanol–water partition coefficient (Wildman–Crippen LogP) is 3.61. The molecule has 0 amide bonds. The average molecular weight is 472 g/mol. The molecule has 1 aromatic heterocycles. The maximum atomic E-state index is 13.4. The van der Waals surface area contributed by atoms with Crippen LogP contribution in [0.5, 0.6) is 0 Å². The Bertz CT molecular complexity index is 1390. The molecule has 7 nitrogen and oxygen atoms in total. The lowest BCUT2D eigenvalue weighted by Crippen LogP contribution is -2.22. The zero-order chi connectivity index (χ0) is 24.0. The van der Waals surface area contributed by atoms with E-state index in [0.717, 1.165) is 11.1 Å². The fourth-order valence-electron chi connectivity index (χ4n) is 3.87. The highest BCUT2D eigenvalue weighted by Gasteiger charge is 2.27. The Hall–Kier alpha value is -3.80. The van der Waals surface area contributed by atoms with Crippen molar-refractivity contribution in [3.05, 3.63) is 113 Å². The minimum absolute atomic E-state index is 0.107. The summed E-state index contributed by atoms with van der Waals surface area (Å²) in [5.74, 6) is 0.157. The van der Waals surface area contributed by atoms with Gasteiger partial charge in [-0.05, 0) is 41.7 Å². The van der Waals surface area contributed by atoms with Crippen LogP contribution in [0.3, 0.4) is 0 Å². The van der Waals surface area contributed by atoms with E-state index < -0.39 is 15.9 Å². The van der Waals surface area contributed by atoms with Crippen molar-refractivity contribution in [1.29, 1.82) is 5.26 Å². The molecule has 0 spiro atoms. The lowest BCUT2D eigenvalue weighted by molar-refractivity contribution is 0.530. The second-order valence-electron chi connectivity index (χ2n) is 8.10. The summed E-state index contributed by atoms with van der Waals surface area (Å²) >= 11 is 0. The van der Waals surface area contributed by atoms with Gasteiger partial charge < -0.3 is 10.3 Å². The average Bonchev–Trinajstić information content (AvgIpc) is 3.29. The monoisotopic (exact) mass is 471 g/mol. The Morgan fingerprint density at radius 1 is 0.882 bits per heavy atom. The van der Waals surface area contributed by atoms with E-state index in [1.54, 1.807) is 28.8 Å². The molecule has 0 fully saturated rings. The summed E-state index contributed by atoms with van der Waals surface area (Å²) in [5, 5.41) is 17.3. The van der Waals surface area contributed by atoms with E-state index in [0.29, 0.717) is 36.3 Å². The van der Waals surface area contributed by atoms with Crippen LogP contribution in [0.4, 0.5) is 0 Å². The van der Waals surface area contributed by atoms with Crippen molar-refractivity contribution in [2.45, 2.75) is 36.3 Å². The predicted molar refractivity (Wildman–Crippen MR) is 129 cm³/mol. The first-order valence-corrected chi connectivity index (χ1v) is 12.6. The van der Waals surface area contributed by atoms with E-state index in [9.17, 15) is 8.42 Å². The molecule has 2 N–H and O–H groups in total. The van der Waals surface area contributed by atoms with Crippen LogP contribution in [0.2, 0.25) is 0 Å². The molecule has 8 heteroatoms. The van der Waals surface area contributed by atoms with Crippen LogP contribution < -0.4 is 5.73 Å². The summed E-state index contributed by atoms with van der Waals surface area (Å²) in [6, 6.07) is 27.7. The number of rotatable bonds is 9. The van der Waals surface area contributed by atoms with Gasteiger partial charge in [0.05, 0.1) is 23.4 Å². The minimum Gasteiger partial charge on any atom is -0.321 e. The Balaban J connectivity index is 1.67. The molecule has 0 aliphatic rings. The van der Waals surface area contributed by atoms with Crippen molar-refractivity contribution >= 4 is 9.84 Å². The number of hydrogen-bond acceptors (Lipinski definition) is 6. The number of nitrogens with two attached hydrogens (primary N) is 1. The molecule has 0 bridgehead atoms. The highest BCUT2D eigenvalue weighted by atomic mass is 32.2. The van der Waals surface area contributed by atoms with Crippen LogP contribution >= 0.6 is 0 Å². The maximum absolute atomic E-state index is 13.4. The summed E-state index contributed by atoms with van der Waals surface area (Å²) in [6.45, 7) is 0.377. The number of aryl methyl sites for hydroxylation is 1. The lowest BCUT2D eigenvalue weighted by atomic mass is 10.1. The second kappa shape index (κ2) is 10.4. The van der Waals surface area contributed by atoms with Crippen LogP contribution in [0.1, 0.15) is 34.1 Å². The molecular formula is C26H25N5O2S. The summed E-state index contributed by atoms with van der Waals surface area (Å²) in [4.78, 5) is 0. The molecule has 3 aromatic carbocycles. The van der Waals surface area contributed by atoms with Gasteiger partial charge in [-0.2, -0.15) is 5.26 Å². The van der Waals surface area contributed by atoms with Crippen LogP contribution in [-0.4, -0.2) is 23.2 Å². The number of nitrogens with zero attached hydrogens (tertiary/aromatic N) is 4. The number of aromatic nitrogens is 3. The summed E-state index contributed by atoms with van der Waals surface area (Å²) in [6.07, 6.45) is 1.12. The third-order valence-electron chi connectivity index (χ3n) is 5.53. The molecule has 172 valence electrons. The molecule has 0 unspecified atom stereocenters. The van der Waals surface area contributed by atoms with Gasteiger partial charge in [0.15, 0.2) is 5.82 Å². The standard InChI is InChI=1S/C26H25N5O2S/c27-18-22-12-7-13-23(16-22)19-34(32,33)26-30-29-25(24(28)17-21-10-5-2-6-11-21)31(26)15-14-20-8-3-1-4-9-20/h1-13,16,24H,14-15,17,19,28H2/t24-/m0/s1. The topological polar surface area (TPSA) is 115 Å². The van der Waals surface area contributed by atoms with Gasteiger partial charge in [-0.3, -0.25) is 0 Å². The van der Waals surface area contributed by atoms with E-state index in [4.69, 9.17) is 11.0 Å². The van der Waals surface area contributed by atoms with Gasteiger partial charge in [0.2, 0.25) is 15.0 Å². The highest BCUT2D eigenvalue weighted by Crippen LogP contribution is 2.22. The molecule has 0 aliphatic carbocycles. The number of sulfone groups is 1. The molecule has 0 saturated heterocycles. The van der Waals surface area contributed by atoms with Gasteiger partial charge in [-0.15, -0.1) is 10.2 Å². The third kappa shape index (κ3) is 5.57. The van der Waals surface area contributed by atoms with Crippen LogP contribution in [0.15, 0.2) is 90.1 Å². The van der Waals surface area contributed by atoms with Gasteiger partial charge in [-0.1, -0.05) is 72.8 Å². The number of nitriles is 1. The smallest absolute Gasteiger partial charge is 0.250 e. The van der Waals surface area contributed by atoms with Crippen molar-refractivity contribution in [3.8, 4) is 6.07 Å². The number of benzene rings is 3. The van der Waals surface area contributed by atoms with Gasteiger partial charge >= 0.3 is 0 Å². The molecule has 4 aromatic rings. The normalized spacial score (nSPS) is 12.2. The van der Waals surface area contributed by atoms with E-state index in [-0.39, 0.29) is 10.9 Å². The lowest BCUT2D eigenvalue weighted by Gasteiger charge is -2.15. The van der Waals surface area contributed by atoms with Gasteiger partial charge in [0.25, 0.3) is 0 Å². The van der Waals surface area contributed by atoms with Crippen molar-refractivity contribution < 1.29 is 8.42 Å². The largest absolute Gasteiger partial charge is 0.321 e. The zero-order valence-corrected chi connectivity index (χ0v) is 19.4. The maximum Gasteiger partial charge on any atom is 0.250 e. The highest BCUT2D eigenvalue weighted by molar-refractivity contribution is 7.90. The van der Waals surface area contributed by atoms with Crippen LogP contribution in [-0.2, 0) is 35.0 Å². The Labute approximate surface area is 199 Å².